The molecule has 3 nitrogen and oxygen atoms in total. The van der Waals surface area contributed by atoms with E-state index in [4.69, 9.17) is 0 Å². The summed E-state index contributed by atoms with van der Waals surface area (Å²) >= 11 is 0. The van der Waals surface area contributed by atoms with Crippen LogP contribution in [0.25, 0.3) is 10.9 Å². The first-order valence-corrected chi connectivity index (χ1v) is 6.43. The standard InChI is InChI=1S/C14H19N3/c1-17-10-12(8-11-2-5-15-6-3-11)13-4-7-16-9-14(13)17/h4,7,9-11,15H,2-3,5-6,8H2,1H3. The van der Waals surface area contributed by atoms with Crippen LogP contribution in [0.3, 0.4) is 0 Å². The molecular formula is C14H19N3. The Kier molecular flexibility index (Phi) is 2.85. The summed E-state index contributed by atoms with van der Waals surface area (Å²) in [6, 6.07) is 2.14. The number of hydrogen-bond donors (Lipinski definition) is 1. The van der Waals surface area contributed by atoms with Crippen LogP contribution in [0.5, 0.6) is 0 Å². The maximum absolute atomic E-state index is 4.20. The van der Waals surface area contributed by atoms with E-state index in [-0.39, 0.29) is 0 Å². The summed E-state index contributed by atoms with van der Waals surface area (Å²) in [7, 11) is 2.11. The fraction of sp³-hybridized carbons (Fsp3) is 0.500. The zero-order chi connectivity index (χ0) is 11.7. The van der Waals surface area contributed by atoms with E-state index in [0.717, 1.165) is 5.92 Å². The number of fused-ring (bicyclic) bond motifs is 1. The highest BCUT2D eigenvalue weighted by atomic mass is 14.9. The molecule has 2 aromatic heterocycles. The van der Waals surface area contributed by atoms with Crippen molar-refractivity contribution < 1.29 is 0 Å². The zero-order valence-electron chi connectivity index (χ0n) is 10.3. The number of nitrogens with one attached hydrogen (secondary N) is 1. The van der Waals surface area contributed by atoms with Gasteiger partial charge in [0.25, 0.3) is 0 Å². The Bertz CT molecular complexity index is 509. The van der Waals surface area contributed by atoms with Crippen molar-refractivity contribution in [3.05, 3.63) is 30.2 Å². The summed E-state index contributed by atoms with van der Waals surface area (Å²) in [6.07, 6.45) is 9.95. The molecule has 0 aliphatic carbocycles. The Balaban J connectivity index is 1.89. The Labute approximate surface area is 102 Å². The van der Waals surface area contributed by atoms with Gasteiger partial charge in [-0.1, -0.05) is 0 Å². The van der Waals surface area contributed by atoms with E-state index in [9.17, 15) is 0 Å². The highest BCUT2D eigenvalue weighted by molar-refractivity contribution is 5.82. The van der Waals surface area contributed by atoms with Crippen molar-refractivity contribution in [3.63, 3.8) is 0 Å². The van der Waals surface area contributed by atoms with E-state index in [1.807, 2.05) is 12.4 Å². The molecular weight excluding hydrogens is 210 g/mol. The van der Waals surface area contributed by atoms with Gasteiger partial charge in [-0.25, -0.2) is 0 Å². The fourth-order valence-corrected chi connectivity index (χ4v) is 2.87. The molecule has 17 heavy (non-hydrogen) atoms. The minimum Gasteiger partial charge on any atom is -0.349 e. The van der Waals surface area contributed by atoms with E-state index >= 15 is 0 Å². The van der Waals surface area contributed by atoms with Gasteiger partial charge in [0.1, 0.15) is 0 Å². The Hall–Kier alpha value is -1.35. The topological polar surface area (TPSA) is 29.9 Å². The van der Waals surface area contributed by atoms with Gasteiger partial charge in [0.2, 0.25) is 0 Å². The minimum atomic E-state index is 0.843. The number of rotatable bonds is 2. The van der Waals surface area contributed by atoms with Crippen LogP contribution in [-0.2, 0) is 13.5 Å². The van der Waals surface area contributed by atoms with Gasteiger partial charge in [-0.15, -0.1) is 0 Å². The first-order valence-electron chi connectivity index (χ1n) is 6.43. The lowest BCUT2D eigenvalue weighted by Crippen LogP contribution is -2.28. The van der Waals surface area contributed by atoms with Crippen molar-refractivity contribution in [1.29, 1.82) is 0 Å². The summed E-state index contributed by atoms with van der Waals surface area (Å²) in [6.45, 7) is 2.36. The molecule has 1 aliphatic rings. The van der Waals surface area contributed by atoms with E-state index in [0.29, 0.717) is 0 Å². The third kappa shape index (κ3) is 2.07. The summed E-state index contributed by atoms with van der Waals surface area (Å²) in [4.78, 5) is 4.20. The van der Waals surface area contributed by atoms with Crippen molar-refractivity contribution in [2.75, 3.05) is 13.1 Å². The van der Waals surface area contributed by atoms with Crippen molar-refractivity contribution in [2.24, 2.45) is 13.0 Å². The number of pyridine rings is 1. The highest BCUT2D eigenvalue weighted by Gasteiger charge is 2.16. The van der Waals surface area contributed by atoms with Crippen LogP contribution in [0.2, 0.25) is 0 Å². The van der Waals surface area contributed by atoms with Crippen molar-refractivity contribution in [2.45, 2.75) is 19.3 Å². The molecule has 0 aromatic carbocycles. The molecule has 3 heteroatoms. The van der Waals surface area contributed by atoms with E-state index in [1.165, 1.54) is 48.8 Å². The number of hydrogen-bond acceptors (Lipinski definition) is 2. The van der Waals surface area contributed by atoms with Crippen molar-refractivity contribution in [3.8, 4) is 0 Å². The quantitative estimate of drug-likeness (QED) is 0.855. The molecule has 0 bridgehead atoms. The minimum absolute atomic E-state index is 0.843. The van der Waals surface area contributed by atoms with Gasteiger partial charge in [-0.2, -0.15) is 0 Å². The number of aromatic nitrogens is 2. The molecule has 1 fully saturated rings. The van der Waals surface area contributed by atoms with Crippen LogP contribution in [-0.4, -0.2) is 22.6 Å². The third-order valence-electron chi connectivity index (χ3n) is 3.84. The Morgan fingerprint density at radius 3 is 3.06 bits per heavy atom. The highest BCUT2D eigenvalue weighted by Crippen LogP contribution is 2.25. The first kappa shape index (κ1) is 10.8. The summed E-state index contributed by atoms with van der Waals surface area (Å²) in [5.41, 5.74) is 2.73. The predicted molar refractivity (Wildman–Crippen MR) is 70.0 cm³/mol. The smallest absolute Gasteiger partial charge is 0.0666 e. The number of aryl methyl sites for hydroxylation is 1. The van der Waals surface area contributed by atoms with Gasteiger partial charge in [-0.05, 0) is 49.9 Å². The molecule has 0 spiro atoms. The second-order valence-electron chi connectivity index (χ2n) is 5.06. The molecule has 0 unspecified atom stereocenters. The van der Waals surface area contributed by atoms with E-state index in [1.54, 1.807) is 0 Å². The second kappa shape index (κ2) is 4.49. The van der Waals surface area contributed by atoms with Crippen LogP contribution in [0.15, 0.2) is 24.7 Å². The zero-order valence-corrected chi connectivity index (χ0v) is 10.3. The average molecular weight is 229 g/mol. The number of nitrogens with zero attached hydrogens (tertiary/aromatic N) is 2. The molecule has 2 aromatic rings. The van der Waals surface area contributed by atoms with Crippen LogP contribution in [0.1, 0.15) is 18.4 Å². The van der Waals surface area contributed by atoms with Gasteiger partial charge in [0, 0.05) is 24.8 Å². The van der Waals surface area contributed by atoms with Crippen molar-refractivity contribution in [1.82, 2.24) is 14.9 Å². The van der Waals surface area contributed by atoms with Gasteiger partial charge >= 0.3 is 0 Å². The summed E-state index contributed by atoms with van der Waals surface area (Å²) in [5.74, 6) is 0.843. The monoisotopic (exact) mass is 229 g/mol. The Morgan fingerprint density at radius 1 is 1.41 bits per heavy atom. The largest absolute Gasteiger partial charge is 0.349 e. The third-order valence-corrected chi connectivity index (χ3v) is 3.84. The molecule has 1 N–H and O–H groups in total. The molecule has 0 saturated carbocycles. The van der Waals surface area contributed by atoms with Crippen molar-refractivity contribution >= 4 is 10.9 Å². The first-order chi connectivity index (χ1) is 8.34. The van der Waals surface area contributed by atoms with Crippen LogP contribution >= 0.6 is 0 Å². The normalized spacial score (nSPS) is 17.7. The van der Waals surface area contributed by atoms with Gasteiger partial charge < -0.3 is 9.88 Å². The predicted octanol–water partition coefficient (Wildman–Crippen LogP) is 2.12. The SMILES string of the molecule is Cn1cc(CC2CCNCC2)c2ccncc21. The van der Waals surface area contributed by atoms with Gasteiger partial charge in [-0.3, -0.25) is 4.98 Å². The average Bonchev–Trinajstić information content (AvgIpc) is 2.69. The molecule has 0 radical (unpaired) electrons. The summed E-state index contributed by atoms with van der Waals surface area (Å²) < 4.78 is 2.19. The lowest BCUT2D eigenvalue weighted by atomic mass is 9.91. The molecule has 3 rings (SSSR count). The number of piperidine rings is 1. The molecule has 1 aliphatic heterocycles. The summed E-state index contributed by atoms with van der Waals surface area (Å²) in [5, 5.41) is 4.80. The van der Waals surface area contributed by atoms with Gasteiger partial charge in [0.15, 0.2) is 0 Å². The second-order valence-corrected chi connectivity index (χ2v) is 5.06. The van der Waals surface area contributed by atoms with Crippen LogP contribution in [0, 0.1) is 5.92 Å². The Morgan fingerprint density at radius 2 is 2.24 bits per heavy atom. The van der Waals surface area contributed by atoms with Crippen LogP contribution < -0.4 is 5.32 Å². The molecule has 90 valence electrons. The molecule has 3 heterocycles. The fourth-order valence-electron chi connectivity index (χ4n) is 2.87. The molecule has 1 saturated heterocycles. The van der Waals surface area contributed by atoms with E-state index < -0.39 is 0 Å². The van der Waals surface area contributed by atoms with E-state index in [2.05, 4.69) is 34.2 Å². The van der Waals surface area contributed by atoms with Gasteiger partial charge in [0.05, 0.1) is 11.7 Å². The lowest BCUT2D eigenvalue weighted by Gasteiger charge is -2.22. The lowest BCUT2D eigenvalue weighted by molar-refractivity contribution is 0.373. The molecule has 0 atom stereocenters. The maximum Gasteiger partial charge on any atom is 0.0666 e. The maximum atomic E-state index is 4.20. The molecule has 0 amide bonds. The van der Waals surface area contributed by atoms with Crippen LogP contribution in [0.4, 0.5) is 0 Å².